The Morgan fingerprint density at radius 3 is 2.48 bits per heavy atom. The number of rotatable bonds is 3. The molecule has 0 aromatic carbocycles. The molecule has 1 N–H and O–H groups in total. The van der Waals surface area contributed by atoms with Crippen LogP contribution in [0.25, 0.3) is 10.6 Å². The van der Waals surface area contributed by atoms with E-state index in [1.807, 2.05) is 10.8 Å². The van der Waals surface area contributed by atoms with Crippen LogP contribution in [0, 0.1) is 23.7 Å². The van der Waals surface area contributed by atoms with Crippen molar-refractivity contribution < 1.29 is 4.79 Å². The average Bonchev–Trinajstić information content (AvgIpc) is 3.20. The molecule has 23 heavy (non-hydrogen) atoms. The van der Waals surface area contributed by atoms with Gasteiger partial charge in [-0.15, -0.1) is 11.3 Å². The lowest BCUT2D eigenvalue weighted by atomic mass is 9.54. The summed E-state index contributed by atoms with van der Waals surface area (Å²) in [6.45, 7) is 0. The second-order valence-electron chi connectivity index (χ2n) is 7.48. The molecular weight excluding hydrogens is 324 g/mol. The first-order valence-corrected chi connectivity index (χ1v) is 10.4. The Morgan fingerprint density at radius 1 is 1.09 bits per heavy atom. The fraction of sp³-hybridized carbons (Fsp3) is 0.556. The van der Waals surface area contributed by atoms with Crippen LogP contribution in [0.1, 0.15) is 42.6 Å². The predicted octanol–water partition coefficient (Wildman–Crippen LogP) is 4.43. The molecule has 0 saturated heterocycles. The zero-order chi connectivity index (χ0) is 15.4. The molecule has 4 aliphatic carbocycles. The van der Waals surface area contributed by atoms with Crippen LogP contribution in [0.4, 0.5) is 0 Å². The Labute approximate surface area is 144 Å². The van der Waals surface area contributed by atoms with Crippen molar-refractivity contribution in [2.75, 3.05) is 0 Å². The first-order chi connectivity index (χ1) is 11.3. The van der Waals surface area contributed by atoms with Crippen molar-refractivity contribution in [3.05, 3.63) is 27.9 Å². The molecule has 0 unspecified atom stereocenters. The van der Waals surface area contributed by atoms with Gasteiger partial charge in [-0.25, -0.2) is 4.98 Å². The summed E-state index contributed by atoms with van der Waals surface area (Å²) in [5, 5.41) is 10.3. The number of thiophene rings is 1. The highest BCUT2D eigenvalue weighted by molar-refractivity contribution is 7.14. The van der Waals surface area contributed by atoms with E-state index in [1.165, 1.54) is 32.1 Å². The molecule has 5 heteroatoms. The van der Waals surface area contributed by atoms with Gasteiger partial charge in [-0.3, -0.25) is 4.79 Å². The molecule has 3 nitrogen and oxygen atoms in total. The summed E-state index contributed by atoms with van der Waals surface area (Å²) in [5.41, 5.74) is 1.71. The maximum absolute atomic E-state index is 12.7. The molecule has 0 atom stereocenters. The van der Waals surface area contributed by atoms with E-state index in [4.69, 9.17) is 0 Å². The Kier molecular flexibility index (Phi) is 3.34. The van der Waals surface area contributed by atoms with Crippen LogP contribution >= 0.6 is 22.7 Å². The molecule has 0 aliphatic heterocycles. The number of nitrogens with one attached hydrogen (secondary N) is 1. The third-order valence-corrected chi connectivity index (χ3v) is 7.60. The van der Waals surface area contributed by atoms with Crippen LogP contribution in [-0.2, 0) is 0 Å². The Morgan fingerprint density at radius 2 is 1.83 bits per heavy atom. The lowest BCUT2D eigenvalue weighted by molar-refractivity contribution is -0.0120. The molecule has 0 spiro atoms. The maximum Gasteiger partial charge on any atom is 0.271 e. The second kappa shape index (κ2) is 5.42. The minimum Gasteiger partial charge on any atom is -0.347 e. The standard InChI is InChI=1S/C18H20N2OS2/c21-17(15-9-23-18(19-15)12-1-2-22-8-12)20-16-13-4-10-3-11(6-13)7-14(16)5-10/h1-2,8-11,13-14,16H,3-7H2,(H,20,21). The Bertz CT molecular complexity index is 693. The van der Waals surface area contributed by atoms with Crippen LogP contribution in [0.15, 0.2) is 22.2 Å². The fourth-order valence-electron chi connectivity index (χ4n) is 5.28. The van der Waals surface area contributed by atoms with Crippen LogP contribution in [0.3, 0.4) is 0 Å². The first-order valence-electron chi connectivity index (χ1n) is 8.55. The minimum atomic E-state index is 0.0280. The van der Waals surface area contributed by atoms with Crippen molar-refractivity contribution in [1.82, 2.24) is 10.3 Å². The zero-order valence-corrected chi connectivity index (χ0v) is 14.5. The molecule has 4 fully saturated rings. The van der Waals surface area contributed by atoms with Crippen LogP contribution in [0.2, 0.25) is 0 Å². The largest absolute Gasteiger partial charge is 0.347 e. The van der Waals surface area contributed by atoms with Gasteiger partial charge in [0.1, 0.15) is 10.7 Å². The number of aromatic nitrogens is 1. The number of thiazole rings is 1. The first kappa shape index (κ1) is 14.2. The van der Waals surface area contributed by atoms with Crippen molar-refractivity contribution in [2.45, 2.75) is 38.1 Å². The number of carbonyl (C=O) groups is 1. The Balaban J connectivity index is 1.32. The highest BCUT2D eigenvalue weighted by Crippen LogP contribution is 2.53. The normalized spacial score (nSPS) is 34.7. The van der Waals surface area contributed by atoms with E-state index >= 15 is 0 Å². The predicted molar refractivity (Wildman–Crippen MR) is 93.7 cm³/mol. The summed E-state index contributed by atoms with van der Waals surface area (Å²) in [7, 11) is 0. The molecule has 2 aromatic heterocycles. The second-order valence-corrected chi connectivity index (χ2v) is 9.12. The van der Waals surface area contributed by atoms with Crippen LogP contribution in [0.5, 0.6) is 0 Å². The number of hydrogen-bond donors (Lipinski definition) is 1. The molecule has 2 aromatic rings. The van der Waals surface area contributed by atoms with Gasteiger partial charge in [-0.1, -0.05) is 0 Å². The number of hydrogen-bond acceptors (Lipinski definition) is 4. The summed E-state index contributed by atoms with van der Waals surface area (Å²) in [5.74, 6) is 3.33. The van der Waals surface area contributed by atoms with Gasteiger partial charge in [-0.2, -0.15) is 11.3 Å². The lowest BCUT2D eigenvalue weighted by Gasteiger charge is -2.54. The van der Waals surface area contributed by atoms with E-state index in [9.17, 15) is 4.79 Å². The summed E-state index contributed by atoms with van der Waals surface area (Å²) < 4.78 is 0. The van der Waals surface area contributed by atoms with Gasteiger partial charge in [0.2, 0.25) is 0 Å². The van der Waals surface area contributed by atoms with Gasteiger partial charge >= 0.3 is 0 Å². The van der Waals surface area contributed by atoms with Gasteiger partial charge in [0.15, 0.2) is 0 Å². The molecular formula is C18H20N2OS2. The number of carbonyl (C=O) groups excluding carboxylic acids is 1. The van der Waals surface area contributed by atoms with Crippen LogP contribution < -0.4 is 5.32 Å². The van der Waals surface area contributed by atoms with Gasteiger partial charge in [0.05, 0.1) is 0 Å². The van der Waals surface area contributed by atoms with Crippen molar-refractivity contribution in [1.29, 1.82) is 0 Å². The van der Waals surface area contributed by atoms with E-state index in [0.29, 0.717) is 23.6 Å². The zero-order valence-electron chi connectivity index (χ0n) is 12.9. The molecule has 4 saturated carbocycles. The van der Waals surface area contributed by atoms with Gasteiger partial charge in [0, 0.05) is 22.4 Å². The van der Waals surface area contributed by atoms with Crippen molar-refractivity contribution in [2.24, 2.45) is 23.7 Å². The highest BCUT2D eigenvalue weighted by Gasteiger charge is 2.48. The number of nitrogens with zero attached hydrogens (tertiary/aromatic N) is 1. The maximum atomic E-state index is 12.7. The monoisotopic (exact) mass is 344 g/mol. The Hall–Kier alpha value is -1.20. The summed E-state index contributed by atoms with van der Waals surface area (Å²) >= 11 is 3.22. The van der Waals surface area contributed by atoms with Crippen molar-refractivity contribution >= 4 is 28.6 Å². The summed E-state index contributed by atoms with van der Waals surface area (Å²) in [6.07, 6.45) is 6.76. The van der Waals surface area contributed by atoms with E-state index in [0.717, 1.165) is 22.4 Å². The molecule has 0 radical (unpaired) electrons. The molecule has 2 heterocycles. The van der Waals surface area contributed by atoms with E-state index in [1.54, 1.807) is 22.7 Å². The molecule has 4 aliphatic rings. The van der Waals surface area contributed by atoms with Crippen molar-refractivity contribution in [3.63, 3.8) is 0 Å². The average molecular weight is 345 g/mol. The molecule has 4 bridgehead atoms. The smallest absolute Gasteiger partial charge is 0.271 e. The van der Waals surface area contributed by atoms with E-state index < -0.39 is 0 Å². The minimum absolute atomic E-state index is 0.0280. The molecule has 120 valence electrons. The van der Waals surface area contributed by atoms with E-state index in [-0.39, 0.29) is 5.91 Å². The molecule has 1 amide bonds. The SMILES string of the molecule is O=C(NC1C2CC3CC(C2)CC1C3)c1csc(-c2ccsc2)n1. The van der Waals surface area contributed by atoms with Gasteiger partial charge in [-0.05, 0) is 67.2 Å². The van der Waals surface area contributed by atoms with Gasteiger partial charge < -0.3 is 5.32 Å². The van der Waals surface area contributed by atoms with Crippen LogP contribution in [-0.4, -0.2) is 16.9 Å². The summed E-state index contributed by atoms with van der Waals surface area (Å²) in [4.78, 5) is 17.2. The van der Waals surface area contributed by atoms with E-state index in [2.05, 4.69) is 21.7 Å². The fourth-order valence-corrected chi connectivity index (χ4v) is 6.80. The molecule has 6 rings (SSSR count). The topological polar surface area (TPSA) is 42.0 Å². The lowest BCUT2D eigenvalue weighted by Crippen LogP contribution is -2.55. The summed E-state index contributed by atoms with van der Waals surface area (Å²) in [6, 6.07) is 2.45. The third-order valence-electron chi connectivity index (χ3n) is 6.03. The van der Waals surface area contributed by atoms with Crippen molar-refractivity contribution in [3.8, 4) is 10.6 Å². The highest BCUT2D eigenvalue weighted by atomic mass is 32.1. The quantitative estimate of drug-likeness (QED) is 0.895. The number of amides is 1. The third kappa shape index (κ3) is 2.45. The van der Waals surface area contributed by atoms with Gasteiger partial charge in [0.25, 0.3) is 5.91 Å².